The number of ether oxygens (including phenoxy) is 1. The first kappa shape index (κ1) is 21.1. The van der Waals surface area contributed by atoms with Gasteiger partial charge in [-0.1, -0.05) is 36.4 Å². The zero-order valence-corrected chi connectivity index (χ0v) is 19.6. The highest BCUT2D eigenvalue weighted by molar-refractivity contribution is 7.92. The van der Waals surface area contributed by atoms with Crippen molar-refractivity contribution in [3.05, 3.63) is 89.5 Å². The Morgan fingerprint density at radius 1 is 1.09 bits per heavy atom. The molecule has 0 fully saturated rings. The standard InChI is InChI=1S/C27H26N2O4S/c1-33-26-15-18(9-12-25(26)30)27-21-7-4-6-20(21)22-16-19(10-11-23(22)28-27)34(31,32)29-14-13-17-5-2-3-8-24(17)29/h2-6,8-12,15-16,20-21,27-28,30H,7,13-14H2,1H3. The van der Waals surface area contributed by atoms with E-state index < -0.39 is 10.0 Å². The molecule has 2 N–H and O–H groups in total. The Bertz CT molecular complexity index is 1420. The third kappa shape index (κ3) is 3.18. The zero-order chi connectivity index (χ0) is 23.4. The lowest BCUT2D eigenvalue weighted by Crippen LogP contribution is -2.31. The molecule has 0 aromatic heterocycles. The molecule has 1 aliphatic carbocycles. The Kier molecular flexibility index (Phi) is 4.85. The summed E-state index contributed by atoms with van der Waals surface area (Å²) in [6, 6.07) is 18.6. The highest BCUT2D eigenvalue weighted by atomic mass is 32.2. The second kappa shape index (κ2) is 7.81. The number of para-hydroxylation sites is 1. The molecule has 34 heavy (non-hydrogen) atoms. The molecule has 2 heterocycles. The molecule has 7 heteroatoms. The molecule has 3 aromatic rings. The number of aromatic hydroxyl groups is 1. The van der Waals surface area contributed by atoms with E-state index in [0.29, 0.717) is 17.2 Å². The van der Waals surface area contributed by atoms with Crippen molar-refractivity contribution in [3.8, 4) is 11.5 Å². The molecule has 3 aliphatic rings. The lowest BCUT2D eigenvalue weighted by Gasteiger charge is -2.38. The molecule has 2 aliphatic heterocycles. The number of hydrogen-bond donors (Lipinski definition) is 2. The smallest absolute Gasteiger partial charge is 0.264 e. The van der Waals surface area contributed by atoms with E-state index >= 15 is 0 Å². The minimum atomic E-state index is -3.66. The van der Waals surface area contributed by atoms with Gasteiger partial charge in [0.1, 0.15) is 0 Å². The molecule has 174 valence electrons. The van der Waals surface area contributed by atoms with E-state index in [1.54, 1.807) is 19.2 Å². The molecule has 3 unspecified atom stereocenters. The summed E-state index contributed by atoms with van der Waals surface area (Å²) in [7, 11) is -2.11. The van der Waals surface area contributed by atoms with Crippen molar-refractivity contribution in [2.75, 3.05) is 23.3 Å². The van der Waals surface area contributed by atoms with Crippen LogP contribution in [0.5, 0.6) is 11.5 Å². The van der Waals surface area contributed by atoms with Gasteiger partial charge in [0, 0.05) is 18.2 Å². The van der Waals surface area contributed by atoms with Gasteiger partial charge in [0.05, 0.1) is 23.7 Å². The predicted molar refractivity (Wildman–Crippen MR) is 132 cm³/mol. The fourth-order valence-electron chi connectivity index (χ4n) is 5.64. The average molecular weight is 475 g/mol. The Labute approximate surface area is 199 Å². The Morgan fingerprint density at radius 3 is 2.79 bits per heavy atom. The fourth-order valence-corrected chi connectivity index (χ4v) is 7.17. The lowest BCUT2D eigenvalue weighted by molar-refractivity contribution is 0.370. The number of fused-ring (bicyclic) bond motifs is 4. The van der Waals surface area contributed by atoms with Crippen molar-refractivity contribution < 1.29 is 18.3 Å². The average Bonchev–Trinajstić information content (AvgIpc) is 3.52. The van der Waals surface area contributed by atoms with Crippen LogP contribution in [0.1, 0.15) is 35.1 Å². The maximum atomic E-state index is 13.6. The number of sulfonamides is 1. The van der Waals surface area contributed by atoms with Crippen molar-refractivity contribution >= 4 is 21.4 Å². The number of phenolic OH excluding ortho intramolecular Hbond substituents is 1. The van der Waals surface area contributed by atoms with E-state index in [-0.39, 0.29) is 23.6 Å². The number of nitrogens with one attached hydrogen (secondary N) is 1. The van der Waals surface area contributed by atoms with Gasteiger partial charge >= 0.3 is 0 Å². The number of allylic oxidation sites excluding steroid dienone is 2. The van der Waals surface area contributed by atoms with Crippen molar-refractivity contribution in [2.45, 2.75) is 29.7 Å². The normalized spacial score (nSPS) is 22.6. The number of methoxy groups -OCH3 is 1. The van der Waals surface area contributed by atoms with E-state index in [4.69, 9.17) is 4.74 Å². The van der Waals surface area contributed by atoms with Crippen LogP contribution in [0.25, 0.3) is 0 Å². The van der Waals surface area contributed by atoms with Crippen LogP contribution in [0.3, 0.4) is 0 Å². The van der Waals surface area contributed by atoms with Crippen molar-refractivity contribution in [2.24, 2.45) is 5.92 Å². The molecular formula is C27H26N2O4S. The van der Waals surface area contributed by atoms with Gasteiger partial charge in [0.25, 0.3) is 10.0 Å². The largest absolute Gasteiger partial charge is 0.504 e. The highest BCUT2D eigenvalue weighted by Crippen LogP contribution is 2.51. The quantitative estimate of drug-likeness (QED) is 0.522. The molecule has 0 spiro atoms. The monoisotopic (exact) mass is 474 g/mol. The Balaban J connectivity index is 1.38. The zero-order valence-electron chi connectivity index (χ0n) is 18.8. The van der Waals surface area contributed by atoms with Crippen molar-refractivity contribution in [1.82, 2.24) is 0 Å². The van der Waals surface area contributed by atoms with E-state index in [1.165, 1.54) is 4.31 Å². The van der Waals surface area contributed by atoms with Crippen LogP contribution in [0, 0.1) is 5.92 Å². The molecule has 3 aromatic carbocycles. The predicted octanol–water partition coefficient (Wildman–Crippen LogP) is 4.98. The summed E-state index contributed by atoms with van der Waals surface area (Å²) in [5, 5.41) is 13.7. The maximum absolute atomic E-state index is 13.6. The summed E-state index contributed by atoms with van der Waals surface area (Å²) in [6.07, 6.45) is 5.99. The van der Waals surface area contributed by atoms with Gasteiger partial charge in [0.15, 0.2) is 11.5 Å². The summed E-state index contributed by atoms with van der Waals surface area (Å²) < 4.78 is 34.1. The summed E-state index contributed by atoms with van der Waals surface area (Å²) in [6.45, 7) is 0.466. The summed E-state index contributed by atoms with van der Waals surface area (Å²) in [4.78, 5) is 0.327. The number of phenols is 1. The number of anilines is 2. The second-order valence-corrected chi connectivity index (χ2v) is 11.0. The molecule has 0 saturated heterocycles. The summed E-state index contributed by atoms with van der Waals surface area (Å²) >= 11 is 0. The van der Waals surface area contributed by atoms with Crippen LogP contribution in [0.15, 0.2) is 77.7 Å². The van der Waals surface area contributed by atoms with E-state index in [0.717, 1.165) is 40.9 Å². The van der Waals surface area contributed by atoms with Crippen LogP contribution < -0.4 is 14.4 Å². The minimum absolute atomic E-state index is 0.0231. The second-order valence-electron chi connectivity index (χ2n) is 9.11. The molecule has 6 nitrogen and oxygen atoms in total. The topological polar surface area (TPSA) is 78.9 Å². The van der Waals surface area contributed by atoms with Crippen LogP contribution in [0.2, 0.25) is 0 Å². The van der Waals surface area contributed by atoms with Crippen LogP contribution >= 0.6 is 0 Å². The van der Waals surface area contributed by atoms with Gasteiger partial charge in [-0.3, -0.25) is 4.31 Å². The van der Waals surface area contributed by atoms with Crippen LogP contribution in [-0.4, -0.2) is 27.2 Å². The first-order chi connectivity index (χ1) is 16.5. The highest BCUT2D eigenvalue weighted by Gasteiger charge is 2.39. The number of nitrogens with zero attached hydrogens (tertiary/aromatic N) is 1. The number of hydrogen-bond acceptors (Lipinski definition) is 5. The van der Waals surface area contributed by atoms with Gasteiger partial charge in [-0.15, -0.1) is 0 Å². The van der Waals surface area contributed by atoms with Gasteiger partial charge in [-0.2, -0.15) is 0 Å². The maximum Gasteiger partial charge on any atom is 0.264 e. The molecule has 3 atom stereocenters. The molecule has 0 amide bonds. The molecule has 0 saturated carbocycles. The van der Waals surface area contributed by atoms with Crippen LogP contribution in [-0.2, 0) is 16.4 Å². The molecule has 6 rings (SSSR count). The number of rotatable bonds is 4. The summed E-state index contributed by atoms with van der Waals surface area (Å²) in [5.74, 6) is 0.913. The molecule has 0 radical (unpaired) electrons. The molecular weight excluding hydrogens is 448 g/mol. The van der Waals surface area contributed by atoms with Crippen molar-refractivity contribution in [1.29, 1.82) is 0 Å². The first-order valence-electron chi connectivity index (χ1n) is 11.5. The fraction of sp³-hybridized carbons (Fsp3) is 0.259. The molecule has 0 bridgehead atoms. The van der Waals surface area contributed by atoms with E-state index in [9.17, 15) is 13.5 Å². The van der Waals surface area contributed by atoms with Gasteiger partial charge in [-0.05, 0) is 71.8 Å². The third-order valence-electron chi connectivity index (χ3n) is 7.33. The van der Waals surface area contributed by atoms with Gasteiger partial charge in [-0.25, -0.2) is 8.42 Å². The Morgan fingerprint density at radius 2 is 1.94 bits per heavy atom. The lowest BCUT2D eigenvalue weighted by atomic mass is 9.77. The third-order valence-corrected chi connectivity index (χ3v) is 9.14. The Hall–Kier alpha value is -3.45. The van der Waals surface area contributed by atoms with E-state index in [2.05, 4.69) is 17.5 Å². The summed E-state index contributed by atoms with van der Waals surface area (Å²) in [5.41, 5.74) is 4.82. The van der Waals surface area contributed by atoms with Crippen LogP contribution in [0.4, 0.5) is 11.4 Å². The first-order valence-corrected chi connectivity index (χ1v) is 13.0. The van der Waals surface area contributed by atoms with Crippen molar-refractivity contribution in [3.63, 3.8) is 0 Å². The van der Waals surface area contributed by atoms with Gasteiger partial charge < -0.3 is 15.2 Å². The van der Waals surface area contributed by atoms with Gasteiger partial charge in [0.2, 0.25) is 0 Å². The van der Waals surface area contributed by atoms with E-state index in [1.807, 2.05) is 48.5 Å². The minimum Gasteiger partial charge on any atom is -0.504 e. The number of benzene rings is 3. The SMILES string of the molecule is COc1cc(C2Nc3ccc(S(=O)(=O)N4CCc5ccccc54)cc3C3C=CCC32)ccc1O.